The van der Waals surface area contributed by atoms with E-state index in [-0.39, 0.29) is 6.03 Å². The summed E-state index contributed by atoms with van der Waals surface area (Å²) in [6.07, 6.45) is 0.646. The molecule has 0 atom stereocenters. The van der Waals surface area contributed by atoms with E-state index in [1.165, 1.54) is 0 Å². The maximum atomic E-state index is 11.8. The van der Waals surface area contributed by atoms with Crippen molar-refractivity contribution >= 4 is 11.7 Å². The number of β-amino-alcohol motifs (C(OH)–C–C–N with tert-alkyl or cyclic N) is 1. The molecule has 1 fully saturated rings. The summed E-state index contributed by atoms with van der Waals surface area (Å²) in [5.41, 5.74) is 0.477. The van der Waals surface area contributed by atoms with Crippen molar-refractivity contribution in [2.75, 3.05) is 18.4 Å². The zero-order valence-electron chi connectivity index (χ0n) is 10.2. The molecule has 5 nitrogen and oxygen atoms in total. The fourth-order valence-electron chi connectivity index (χ4n) is 1.86. The smallest absolute Gasteiger partial charge is 0.322 e. The number of nitriles is 1. The Hall–Kier alpha value is -2.06. The molecule has 2 rings (SSSR count). The van der Waals surface area contributed by atoms with Crippen LogP contribution in [-0.2, 0) is 0 Å². The van der Waals surface area contributed by atoms with E-state index >= 15 is 0 Å². The normalized spacial score (nSPS) is 16.6. The van der Waals surface area contributed by atoms with Gasteiger partial charge in [-0.1, -0.05) is 6.92 Å². The van der Waals surface area contributed by atoms with Crippen molar-refractivity contribution in [3.63, 3.8) is 0 Å². The monoisotopic (exact) mass is 245 g/mol. The number of urea groups is 1. The second-order valence-corrected chi connectivity index (χ2v) is 4.55. The molecule has 1 heterocycles. The van der Waals surface area contributed by atoms with Crippen LogP contribution in [0.25, 0.3) is 0 Å². The predicted molar refractivity (Wildman–Crippen MR) is 67.0 cm³/mol. The Morgan fingerprint density at radius 3 is 2.61 bits per heavy atom. The van der Waals surface area contributed by atoms with Crippen LogP contribution in [0.3, 0.4) is 0 Å². The Kier molecular flexibility index (Phi) is 3.21. The number of hydrogen-bond acceptors (Lipinski definition) is 3. The first-order valence-corrected chi connectivity index (χ1v) is 5.85. The number of benzene rings is 1. The van der Waals surface area contributed by atoms with Gasteiger partial charge in [0.25, 0.3) is 0 Å². The van der Waals surface area contributed by atoms with Crippen molar-refractivity contribution in [2.45, 2.75) is 18.9 Å². The van der Waals surface area contributed by atoms with E-state index in [0.717, 1.165) is 0 Å². The number of nitrogens with one attached hydrogen (secondary N) is 1. The lowest BCUT2D eigenvalue weighted by molar-refractivity contribution is -0.0755. The van der Waals surface area contributed by atoms with Gasteiger partial charge in [-0.25, -0.2) is 4.79 Å². The van der Waals surface area contributed by atoms with Crippen molar-refractivity contribution in [1.29, 1.82) is 5.26 Å². The third kappa shape index (κ3) is 2.44. The molecule has 0 bridgehead atoms. The minimum Gasteiger partial charge on any atom is -0.386 e. The van der Waals surface area contributed by atoms with Gasteiger partial charge in [0.2, 0.25) is 0 Å². The molecule has 1 aromatic rings. The number of amides is 2. The van der Waals surface area contributed by atoms with Gasteiger partial charge in [0.15, 0.2) is 0 Å². The highest BCUT2D eigenvalue weighted by Gasteiger charge is 2.41. The highest BCUT2D eigenvalue weighted by Crippen LogP contribution is 2.24. The van der Waals surface area contributed by atoms with Gasteiger partial charge in [0.1, 0.15) is 0 Å². The summed E-state index contributed by atoms with van der Waals surface area (Å²) in [5, 5.41) is 21.2. The average Bonchev–Trinajstić information content (AvgIpc) is 2.35. The summed E-state index contributed by atoms with van der Waals surface area (Å²) in [7, 11) is 0. The lowest BCUT2D eigenvalue weighted by Crippen LogP contribution is -2.63. The SMILES string of the molecule is CCC1(O)CN(C(=O)Nc2ccc(C#N)cc2)C1. The van der Waals surface area contributed by atoms with Crippen molar-refractivity contribution in [1.82, 2.24) is 4.90 Å². The van der Waals surface area contributed by atoms with Crippen LogP contribution >= 0.6 is 0 Å². The molecule has 18 heavy (non-hydrogen) atoms. The molecule has 0 radical (unpaired) electrons. The second kappa shape index (κ2) is 4.67. The zero-order chi connectivity index (χ0) is 13.2. The molecule has 0 unspecified atom stereocenters. The van der Waals surface area contributed by atoms with Gasteiger partial charge in [-0.3, -0.25) is 0 Å². The van der Waals surface area contributed by atoms with Crippen LogP contribution < -0.4 is 5.32 Å². The molecular formula is C13H15N3O2. The van der Waals surface area contributed by atoms with E-state index in [2.05, 4.69) is 5.32 Å². The summed E-state index contributed by atoms with van der Waals surface area (Å²) in [4.78, 5) is 13.3. The molecule has 94 valence electrons. The number of rotatable bonds is 2. The summed E-state index contributed by atoms with van der Waals surface area (Å²) < 4.78 is 0. The van der Waals surface area contributed by atoms with Gasteiger partial charge in [0.05, 0.1) is 30.3 Å². The first-order valence-electron chi connectivity index (χ1n) is 5.85. The van der Waals surface area contributed by atoms with Crippen LogP contribution in [-0.4, -0.2) is 34.7 Å². The summed E-state index contributed by atoms with van der Waals surface area (Å²) in [6.45, 7) is 2.63. The highest BCUT2D eigenvalue weighted by atomic mass is 16.3. The Morgan fingerprint density at radius 2 is 2.11 bits per heavy atom. The quantitative estimate of drug-likeness (QED) is 0.829. The molecule has 2 amide bonds. The maximum absolute atomic E-state index is 11.8. The maximum Gasteiger partial charge on any atom is 0.322 e. The van der Waals surface area contributed by atoms with Gasteiger partial charge in [-0.2, -0.15) is 5.26 Å². The molecule has 1 aliphatic rings. The Bertz CT molecular complexity index is 484. The Balaban J connectivity index is 1.91. The number of hydrogen-bond donors (Lipinski definition) is 2. The average molecular weight is 245 g/mol. The molecule has 0 aromatic heterocycles. The highest BCUT2D eigenvalue weighted by molar-refractivity contribution is 5.90. The van der Waals surface area contributed by atoms with Crippen molar-refractivity contribution in [3.8, 4) is 6.07 Å². The van der Waals surface area contributed by atoms with Gasteiger partial charge in [-0.05, 0) is 30.7 Å². The van der Waals surface area contributed by atoms with Crippen LogP contribution in [0.15, 0.2) is 24.3 Å². The molecule has 1 aliphatic heterocycles. The van der Waals surface area contributed by atoms with E-state index in [1.807, 2.05) is 13.0 Å². The number of aliphatic hydroxyl groups is 1. The molecule has 2 N–H and O–H groups in total. The van der Waals surface area contributed by atoms with Crippen LogP contribution in [0.1, 0.15) is 18.9 Å². The molecule has 1 saturated heterocycles. The molecular weight excluding hydrogens is 230 g/mol. The number of anilines is 1. The lowest BCUT2D eigenvalue weighted by Gasteiger charge is -2.45. The van der Waals surface area contributed by atoms with Gasteiger partial charge < -0.3 is 15.3 Å². The molecule has 0 spiro atoms. The topological polar surface area (TPSA) is 76.4 Å². The van der Waals surface area contributed by atoms with Crippen molar-refractivity contribution in [3.05, 3.63) is 29.8 Å². The number of nitrogens with zero attached hydrogens (tertiary/aromatic N) is 2. The molecule has 1 aromatic carbocycles. The number of likely N-dealkylation sites (tertiary alicyclic amines) is 1. The van der Waals surface area contributed by atoms with Crippen molar-refractivity contribution in [2.24, 2.45) is 0 Å². The third-order valence-corrected chi connectivity index (χ3v) is 3.18. The van der Waals surface area contributed by atoms with Gasteiger partial charge >= 0.3 is 6.03 Å². The Morgan fingerprint density at radius 1 is 1.50 bits per heavy atom. The second-order valence-electron chi connectivity index (χ2n) is 4.55. The first-order chi connectivity index (χ1) is 8.56. The van der Waals surface area contributed by atoms with E-state index in [1.54, 1.807) is 29.2 Å². The minimum atomic E-state index is -0.720. The lowest BCUT2D eigenvalue weighted by atomic mass is 9.92. The summed E-state index contributed by atoms with van der Waals surface area (Å²) >= 11 is 0. The number of carbonyl (C=O) groups is 1. The van der Waals surface area contributed by atoms with Gasteiger partial charge in [-0.15, -0.1) is 0 Å². The molecule has 5 heteroatoms. The summed E-state index contributed by atoms with van der Waals surface area (Å²) in [5.74, 6) is 0. The van der Waals surface area contributed by atoms with Crippen LogP contribution in [0.2, 0.25) is 0 Å². The van der Waals surface area contributed by atoms with E-state index < -0.39 is 5.60 Å². The third-order valence-electron chi connectivity index (χ3n) is 3.18. The largest absolute Gasteiger partial charge is 0.386 e. The van der Waals surface area contributed by atoms with Gasteiger partial charge in [0, 0.05) is 5.69 Å². The van der Waals surface area contributed by atoms with Crippen LogP contribution in [0.4, 0.5) is 10.5 Å². The fraction of sp³-hybridized carbons (Fsp3) is 0.385. The molecule has 0 aliphatic carbocycles. The predicted octanol–water partition coefficient (Wildman–Crippen LogP) is 1.55. The van der Waals surface area contributed by atoms with Crippen LogP contribution in [0, 0.1) is 11.3 Å². The summed E-state index contributed by atoms with van der Waals surface area (Å²) in [6, 6.07) is 8.45. The fourth-order valence-corrected chi connectivity index (χ4v) is 1.86. The van der Waals surface area contributed by atoms with E-state index in [4.69, 9.17) is 5.26 Å². The van der Waals surface area contributed by atoms with E-state index in [9.17, 15) is 9.90 Å². The van der Waals surface area contributed by atoms with Crippen LogP contribution in [0.5, 0.6) is 0 Å². The van der Waals surface area contributed by atoms with E-state index in [0.29, 0.717) is 30.8 Å². The van der Waals surface area contributed by atoms with Crippen molar-refractivity contribution < 1.29 is 9.90 Å². The standard InChI is InChI=1S/C13H15N3O2/c1-2-13(18)8-16(9-13)12(17)15-11-5-3-10(7-14)4-6-11/h3-6,18H,2,8-9H2,1H3,(H,15,17). The first kappa shape index (κ1) is 12.4. The zero-order valence-corrected chi connectivity index (χ0v) is 10.2. The minimum absolute atomic E-state index is 0.224. The molecule has 0 saturated carbocycles. The number of carbonyl (C=O) groups excluding carboxylic acids is 1. The Labute approximate surface area is 106 Å².